The first kappa shape index (κ1) is 19.9. The van der Waals surface area contributed by atoms with Crippen LogP contribution in [0.4, 0.5) is 5.82 Å². The molecule has 0 spiro atoms. The molecule has 3 aromatic rings. The van der Waals surface area contributed by atoms with Gasteiger partial charge >= 0.3 is 0 Å². The summed E-state index contributed by atoms with van der Waals surface area (Å²) < 4.78 is 33.7. The lowest BCUT2D eigenvalue weighted by molar-refractivity contribution is 0.294. The van der Waals surface area contributed by atoms with Crippen LogP contribution in [0.15, 0.2) is 64.2 Å². The third-order valence-electron chi connectivity index (χ3n) is 3.34. The van der Waals surface area contributed by atoms with Crippen LogP contribution >= 0.6 is 39.1 Å². The van der Waals surface area contributed by atoms with Gasteiger partial charge in [0, 0.05) is 5.02 Å². The van der Waals surface area contributed by atoms with Crippen LogP contribution in [0.2, 0.25) is 10.0 Å². The van der Waals surface area contributed by atoms with Gasteiger partial charge < -0.3 is 4.74 Å². The highest BCUT2D eigenvalue weighted by Gasteiger charge is 2.22. The van der Waals surface area contributed by atoms with Crippen molar-refractivity contribution in [3.63, 3.8) is 0 Å². The molecule has 0 unspecified atom stereocenters. The number of benzene rings is 2. The molecule has 0 bridgehead atoms. The monoisotopic (exact) mass is 487 g/mol. The zero-order valence-electron chi connectivity index (χ0n) is 13.6. The van der Waals surface area contributed by atoms with Crippen molar-refractivity contribution < 1.29 is 13.2 Å². The summed E-state index contributed by atoms with van der Waals surface area (Å²) in [6, 6.07) is 13.5. The Morgan fingerprint density at radius 2 is 1.85 bits per heavy atom. The van der Waals surface area contributed by atoms with Gasteiger partial charge in [0.2, 0.25) is 5.82 Å². The molecule has 1 N–H and O–H groups in total. The van der Waals surface area contributed by atoms with E-state index in [1.165, 1.54) is 24.4 Å². The van der Waals surface area contributed by atoms with Crippen LogP contribution in [0.3, 0.4) is 0 Å². The molecule has 0 atom stereocenters. The number of rotatable bonds is 6. The average molecular weight is 489 g/mol. The first-order valence-electron chi connectivity index (χ1n) is 7.52. The van der Waals surface area contributed by atoms with Crippen molar-refractivity contribution in [2.75, 3.05) is 4.72 Å². The number of hydrogen-bond donors (Lipinski definition) is 1. The third kappa shape index (κ3) is 5.10. The van der Waals surface area contributed by atoms with Gasteiger partial charge in [-0.2, -0.15) is 0 Å². The predicted molar refractivity (Wildman–Crippen MR) is 108 cm³/mol. The van der Waals surface area contributed by atoms with E-state index in [0.717, 1.165) is 5.56 Å². The van der Waals surface area contributed by atoms with E-state index in [2.05, 4.69) is 30.6 Å². The molecule has 0 aliphatic rings. The molecule has 1 aromatic heterocycles. The Hall–Kier alpha value is -1.87. The van der Waals surface area contributed by atoms with Gasteiger partial charge in [0.05, 0.1) is 11.2 Å². The first-order valence-corrected chi connectivity index (χ1v) is 10.6. The molecule has 0 radical (unpaired) electrons. The highest BCUT2D eigenvalue weighted by molar-refractivity contribution is 9.10. The predicted octanol–water partition coefficient (Wildman–Crippen LogP) is 4.93. The Labute approximate surface area is 174 Å². The lowest BCUT2D eigenvalue weighted by atomic mass is 10.2. The molecule has 10 heteroatoms. The summed E-state index contributed by atoms with van der Waals surface area (Å²) in [4.78, 5) is 8.08. The van der Waals surface area contributed by atoms with Crippen LogP contribution < -0.4 is 9.46 Å². The standard InChI is InChI=1S/C17H12BrCl2N3O3S/c18-15-9-21-16(17(22-15)26-10-11-4-2-1-3-5-11)23-27(24,25)14-7-6-12(19)8-13(14)20/h1-9H,10H2,(H,21,23). The summed E-state index contributed by atoms with van der Waals surface area (Å²) in [5.41, 5.74) is 0.897. The quantitative estimate of drug-likeness (QED) is 0.532. The van der Waals surface area contributed by atoms with E-state index in [4.69, 9.17) is 27.9 Å². The molecule has 0 amide bonds. The molecule has 0 aliphatic heterocycles. The van der Waals surface area contributed by atoms with Crippen molar-refractivity contribution >= 4 is 55.0 Å². The van der Waals surface area contributed by atoms with Crippen LogP contribution in [0, 0.1) is 0 Å². The molecule has 6 nitrogen and oxygen atoms in total. The smallest absolute Gasteiger partial charge is 0.264 e. The second-order valence-corrected chi connectivity index (χ2v) is 8.61. The molecule has 3 rings (SSSR count). The maximum absolute atomic E-state index is 12.7. The van der Waals surface area contributed by atoms with Crippen LogP contribution in [0.1, 0.15) is 5.56 Å². The number of ether oxygens (including phenoxy) is 1. The number of nitrogens with one attached hydrogen (secondary N) is 1. The topological polar surface area (TPSA) is 81.2 Å². The van der Waals surface area contributed by atoms with Crippen LogP contribution in [-0.2, 0) is 16.6 Å². The summed E-state index contributed by atoms with van der Waals surface area (Å²) in [6.07, 6.45) is 1.36. The molecule has 27 heavy (non-hydrogen) atoms. The van der Waals surface area contributed by atoms with E-state index in [-0.39, 0.29) is 28.2 Å². The highest BCUT2D eigenvalue weighted by atomic mass is 79.9. The Bertz CT molecular complexity index is 1070. The van der Waals surface area contributed by atoms with Gasteiger partial charge in [-0.15, -0.1) is 0 Å². The lowest BCUT2D eigenvalue weighted by Crippen LogP contribution is -2.16. The summed E-state index contributed by atoms with van der Waals surface area (Å²) >= 11 is 15.0. The fourth-order valence-electron chi connectivity index (χ4n) is 2.12. The van der Waals surface area contributed by atoms with Crippen molar-refractivity contribution in [2.45, 2.75) is 11.5 Å². The van der Waals surface area contributed by atoms with E-state index in [9.17, 15) is 8.42 Å². The van der Waals surface area contributed by atoms with Gasteiger partial charge in [0.1, 0.15) is 16.1 Å². The summed E-state index contributed by atoms with van der Waals surface area (Å²) in [7, 11) is -4.02. The van der Waals surface area contributed by atoms with Crippen LogP contribution in [0.25, 0.3) is 0 Å². The van der Waals surface area contributed by atoms with Crippen molar-refractivity contribution in [1.29, 1.82) is 0 Å². The molecule has 0 aliphatic carbocycles. The molecule has 2 aromatic carbocycles. The van der Waals surface area contributed by atoms with Gasteiger partial charge in [-0.25, -0.2) is 18.4 Å². The Balaban J connectivity index is 1.88. The molecule has 140 valence electrons. The summed E-state index contributed by atoms with van der Waals surface area (Å²) in [5.74, 6) is -0.0259. The average Bonchev–Trinajstić information content (AvgIpc) is 2.62. The van der Waals surface area contributed by atoms with Crippen LogP contribution in [0.5, 0.6) is 5.88 Å². The molecule has 0 saturated carbocycles. The number of hydrogen-bond acceptors (Lipinski definition) is 5. The van der Waals surface area contributed by atoms with Crippen molar-refractivity contribution in [3.8, 4) is 5.88 Å². The van der Waals surface area contributed by atoms with Gasteiger partial charge in [-0.3, -0.25) is 4.72 Å². The SMILES string of the molecule is O=S(=O)(Nc1ncc(Br)nc1OCc1ccccc1)c1ccc(Cl)cc1Cl. The molecule has 0 fully saturated rings. The number of sulfonamides is 1. The van der Waals surface area contributed by atoms with Gasteiger partial charge in [-0.05, 0) is 39.7 Å². The number of aromatic nitrogens is 2. The van der Waals surface area contributed by atoms with Crippen molar-refractivity contribution in [1.82, 2.24) is 9.97 Å². The number of halogens is 3. The van der Waals surface area contributed by atoms with E-state index < -0.39 is 10.0 Å². The third-order valence-corrected chi connectivity index (χ3v) is 5.78. The Morgan fingerprint density at radius 1 is 1.11 bits per heavy atom. The maximum atomic E-state index is 12.7. The minimum Gasteiger partial charge on any atom is -0.470 e. The van der Waals surface area contributed by atoms with E-state index >= 15 is 0 Å². The Morgan fingerprint density at radius 3 is 2.56 bits per heavy atom. The first-order chi connectivity index (χ1) is 12.8. The molecular weight excluding hydrogens is 477 g/mol. The number of anilines is 1. The highest BCUT2D eigenvalue weighted by Crippen LogP contribution is 2.29. The fraction of sp³-hybridized carbons (Fsp3) is 0.0588. The second-order valence-electron chi connectivity index (χ2n) is 5.30. The van der Waals surface area contributed by atoms with Gasteiger partial charge in [-0.1, -0.05) is 53.5 Å². The maximum Gasteiger partial charge on any atom is 0.264 e. The van der Waals surface area contributed by atoms with Gasteiger partial charge in [0.15, 0.2) is 0 Å². The van der Waals surface area contributed by atoms with E-state index in [1.807, 2.05) is 30.3 Å². The zero-order chi connectivity index (χ0) is 19.4. The van der Waals surface area contributed by atoms with Crippen molar-refractivity contribution in [3.05, 3.63) is 74.9 Å². The number of nitrogens with zero attached hydrogens (tertiary/aromatic N) is 2. The van der Waals surface area contributed by atoms with Gasteiger partial charge in [0.25, 0.3) is 15.9 Å². The zero-order valence-corrected chi connectivity index (χ0v) is 17.5. The second kappa shape index (κ2) is 8.43. The normalized spacial score (nSPS) is 11.2. The van der Waals surface area contributed by atoms with E-state index in [0.29, 0.717) is 9.63 Å². The minimum atomic E-state index is -4.02. The summed E-state index contributed by atoms with van der Waals surface area (Å²) in [6.45, 7) is 0.197. The van der Waals surface area contributed by atoms with Crippen LogP contribution in [-0.4, -0.2) is 18.4 Å². The fourth-order valence-corrected chi connectivity index (χ4v) is 4.17. The lowest BCUT2D eigenvalue weighted by Gasteiger charge is -2.13. The minimum absolute atomic E-state index is 0.00757. The molecule has 1 heterocycles. The summed E-state index contributed by atoms with van der Waals surface area (Å²) in [5, 5.41) is 0.320. The molecule has 0 saturated heterocycles. The van der Waals surface area contributed by atoms with E-state index in [1.54, 1.807) is 0 Å². The Kier molecular flexibility index (Phi) is 6.21. The largest absolute Gasteiger partial charge is 0.470 e. The molecular formula is C17H12BrCl2N3O3S. The van der Waals surface area contributed by atoms with Crippen molar-refractivity contribution in [2.24, 2.45) is 0 Å².